The van der Waals surface area contributed by atoms with Crippen LogP contribution in [0.1, 0.15) is 38.2 Å². The Hall–Kier alpha value is -1.02. The van der Waals surface area contributed by atoms with Gasteiger partial charge in [-0.25, -0.2) is 0 Å². The van der Waals surface area contributed by atoms with Crippen molar-refractivity contribution in [1.82, 2.24) is 0 Å². The molecule has 1 heterocycles. The Labute approximate surface area is 101 Å². The molecule has 0 amide bonds. The number of ether oxygens (including phenoxy) is 1. The van der Waals surface area contributed by atoms with Crippen LogP contribution in [0, 0.1) is 0 Å². The molecule has 0 aliphatic heterocycles. The minimum absolute atomic E-state index is 0.575. The summed E-state index contributed by atoms with van der Waals surface area (Å²) in [5, 5.41) is 3.42. The van der Waals surface area contributed by atoms with E-state index >= 15 is 0 Å². The van der Waals surface area contributed by atoms with Crippen molar-refractivity contribution in [2.75, 3.05) is 7.11 Å². The second-order valence-electron chi connectivity index (χ2n) is 4.24. The largest absolute Gasteiger partial charge is 0.496 e. The van der Waals surface area contributed by atoms with Crippen molar-refractivity contribution in [1.29, 1.82) is 0 Å². The third kappa shape index (κ3) is 2.07. The molecule has 0 saturated heterocycles. The molecular weight excluding hydrogens is 216 g/mol. The Morgan fingerprint density at radius 1 is 1.38 bits per heavy atom. The molecule has 1 nitrogen and oxygen atoms in total. The SMILES string of the molecule is CCCC(C)c1cc2sccc2cc1OC. The molecule has 1 aromatic carbocycles. The van der Waals surface area contributed by atoms with Crippen molar-refractivity contribution in [2.24, 2.45) is 0 Å². The Morgan fingerprint density at radius 2 is 2.19 bits per heavy atom. The minimum atomic E-state index is 0.575. The van der Waals surface area contributed by atoms with E-state index in [0.717, 1.165) is 5.75 Å². The first-order chi connectivity index (χ1) is 7.76. The number of fused-ring (bicyclic) bond motifs is 1. The summed E-state index contributed by atoms with van der Waals surface area (Å²) < 4.78 is 6.85. The van der Waals surface area contributed by atoms with Gasteiger partial charge in [0.25, 0.3) is 0 Å². The van der Waals surface area contributed by atoms with Crippen LogP contribution in [0.15, 0.2) is 23.6 Å². The van der Waals surface area contributed by atoms with E-state index in [-0.39, 0.29) is 0 Å². The highest BCUT2D eigenvalue weighted by atomic mass is 32.1. The fraction of sp³-hybridized carbons (Fsp3) is 0.429. The maximum Gasteiger partial charge on any atom is 0.123 e. The van der Waals surface area contributed by atoms with Gasteiger partial charge in [-0.1, -0.05) is 20.3 Å². The highest BCUT2D eigenvalue weighted by Gasteiger charge is 2.12. The van der Waals surface area contributed by atoms with Crippen LogP contribution in [-0.2, 0) is 0 Å². The molecule has 1 aromatic heterocycles. The quantitative estimate of drug-likeness (QED) is 0.737. The van der Waals surface area contributed by atoms with Gasteiger partial charge in [-0.3, -0.25) is 0 Å². The topological polar surface area (TPSA) is 9.23 Å². The zero-order valence-corrected chi connectivity index (χ0v) is 10.9. The van der Waals surface area contributed by atoms with Gasteiger partial charge in [0.2, 0.25) is 0 Å². The summed E-state index contributed by atoms with van der Waals surface area (Å²) >= 11 is 1.80. The van der Waals surface area contributed by atoms with Crippen molar-refractivity contribution in [2.45, 2.75) is 32.6 Å². The van der Waals surface area contributed by atoms with E-state index in [4.69, 9.17) is 4.74 Å². The number of rotatable bonds is 4. The molecule has 1 atom stereocenters. The number of hydrogen-bond donors (Lipinski definition) is 0. The van der Waals surface area contributed by atoms with Crippen LogP contribution in [0.25, 0.3) is 10.1 Å². The monoisotopic (exact) mass is 234 g/mol. The lowest BCUT2D eigenvalue weighted by Gasteiger charge is -2.15. The van der Waals surface area contributed by atoms with Gasteiger partial charge in [0.1, 0.15) is 5.75 Å². The maximum atomic E-state index is 5.49. The molecule has 0 N–H and O–H groups in total. The highest BCUT2D eigenvalue weighted by molar-refractivity contribution is 7.17. The zero-order valence-electron chi connectivity index (χ0n) is 10.1. The average Bonchev–Trinajstić information content (AvgIpc) is 2.74. The molecule has 0 bridgehead atoms. The molecule has 2 rings (SSSR count). The Kier molecular flexibility index (Phi) is 3.49. The van der Waals surface area contributed by atoms with E-state index in [1.165, 1.54) is 28.5 Å². The van der Waals surface area contributed by atoms with Crippen molar-refractivity contribution in [3.63, 3.8) is 0 Å². The Balaban J connectivity index is 2.48. The molecule has 2 heteroatoms. The van der Waals surface area contributed by atoms with Gasteiger partial charge in [-0.05, 0) is 46.9 Å². The Bertz CT molecular complexity index is 473. The van der Waals surface area contributed by atoms with Gasteiger partial charge >= 0.3 is 0 Å². The standard InChI is InChI=1S/C14H18OS/c1-4-5-10(2)12-9-14-11(6-7-16-14)8-13(12)15-3/h6-10H,4-5H2,1-3H3. The number of methoxy groups -OCH3 is 1. The molecule has 0 radical (unpaired) electrons. The average molecular weight is 234 g/mol. The summed E-state index contributed by atoms with van der Waals surface area (Å²) in [6.45, 7) is 4.51. The normalized spacial score (nSPS) is 12.9. The van der Waals surface area contributed by atoms with Gasteiger partial charge in [-0.2, -0.15) is 0 Å². The molecule has 0 fully saturated rings. The molecule has 1 unspecified atom stereocenters. The molecule has 16 heavy (non-hydrogen) atoms. The summed E-state index contributed by atoms with van der Waals surface area (Å²) in [6.07, 6.45) is 2.43. The zero-order chi connectivity index (χ0) is 11.5. The van der Waals surface area contributed by atoms with Crippen molar-refractivity contribution in [3.05, 3.63) is 29.1 Å². The van der Waals surface area contributed by atoms with Crippen molar-refractivity contribution >= 4 is 21.4 Å². The van der Waals surface area contributed by atoms with Gasteiger partial charge in [-0.15, -0.1) is 11.3 Å². The van der Waals surface area contributed by atoms with Crippen LogP contribution in [0.3, 0.4) is 0 Å². The fourth-order valence-electron chi connectivity index (χ4n) is 2.15. The predicted molar refractivity (Wildman–Crippen MR) is 71.7 cm³/mol. The van der Waals surface area contributed by atoms with E-state index in [1.54, 1.807) is 18.4 Å². The summed E-state index contributed by atoms with van der Waals surface area (Å²) in [4.78, 5) is 0. The van der Waals surface area contributed by atoms with E-state index in [2.05, 4.69) is 37.4 Å². The lowest BCUT2D eigenvalue weighted by atomic mass is 9.95. The molecule has 2 aromatic rings. The summed E-state index contributed by atoms with van der Waals surface area (Å²) in [7, 11) is 1.76. The number of thiophene rings is 1. The molecule has 86 valence electrons. The van der Waals surface area contributed by atoms with Crippen LogP contribution in [0.5, 0.6) is 5.75 Å². The first-order valence-corrected chi connectivity index (χ1v) is 6.69. The second-order valence-corrected chi connectivity index (χ2v) is 5.19. The lowest BCUT2D eigenvalue weighted by molar-refractivity contribution is 0.406. The van der Waals surface area contributed by atoms with Crippen LogP contribution in [0.4, 0.5) is 0 Å². The first-order valence-electron chi connectivity index (χ1n) is 5.81. The van der Waals surface area contributed by atoms with Crippen LogP contribution >= 0.6 is 11.3 Å². The van der Waals surface area contributed by atoms with E-state index in [9.17, 15) is 0 Å². The van der Waals surface area contributed by atoms with Crippen LogP contribution in [-0.4, -0.2) is 7.11 Å². The summed E-state index contributed by atoms with van der Waals surface area (Å²) in [6, 6.07) is 6.60. The number of benzene rings is 1. The molecule has 0 aliphatic carbocycles. The van der Waals surface area contributed by atoms with Crippen molar-refractivity contribution < 1.29 is 4.74 Å². The number of hydrogen-bond acceptors (Lipinski definition) is 2. The summed E-state index contributed by atoms with van der Waals surface area (Å²) in [5.41, 5.74) is 1.35. The molecular formula is C14H18OS. The molecule has 0 aliphatic rings. The lowest BCUT2D eigenvalue weighted by Crippen LogP contribution is -1.97. The Morgan fingerprint density at radius 3 is 2.88 bits per heavy atom. The van der Waals surface area contributed by atoms with E-state index in [1.807, 2.05) is 0 Å². The third-order valence-electron chi connectivity index (χ3n) is 3.06. The van der Waals surface area contributed by atoms with E-state index in [0.29, 0.717) is 5.92 Å². The highest BCUT2D eigenvalue weighted by Crippen LogP contribution is 2.35. The van der Waals surface area contributed by atoms with Gasteiger partial charge < -0.3 is 4.74 Å². The minimum Gasteiger partial charge on any atom is -0.496 e. The first kappa shape index (κ1) is 11.5. The summed E-state index contributed by atoms with van der Waals surface area (Å²) in [5.74, 6) is 1.61. The smallest absolute Gasteiger partial charge is 0.123 e. The van der Waals surface area contributed by atoms with Gasteiger partial charge in [0, 0.05) is 4.70 Å². The van der Waals surface area contributed by atoms with Crippen molar-refractivity contribution in [3.8, 4) is 5.75 Å². The molecule has 0 spiro atoms. The van der Waals surface area contributed by atoms with Gasteiger partial charge in [0.05, 0.1) is 7.11 Å². The van der Waals surface area contributed by atoms with Gasteiger partial charge in [0.15, 0.2) is 0 Å². The fourth-order valence-corrected chi connectivity index (χ4v) is 2.97. The van der Waals surface area contributed by atoms with Crippen LogP contribution < -0.4 is 4.74 Å². The third-order valence-corrected chi connectivity index (χ3v) is 3.94. The molecule has 0 saturated carbocycles. The maximum absolute atomic E-state index is 5.49. The van der Waals surface area contributed by atoms with Crippen LogP contribution in [0.2, 0.25) is 0 Å². The second kappa shape index (κ2) is 4.88. The van der Waals surface area contributed by atoms with E-state index < -0.39 is 0 Å². The predicted octanol–water partition coefficient (Wildman–Crippen LogP) is 4.81.